The minimum Gasteiger partial charge on any atom is -0.452 e. The Labute approximate surface area is 209 Å². The lowest BCUT2D eigenvalue weighted by Crippen LogP contribution is -2.25. The second-order valence-corrected chi connectivity index (χ2v) is 9.86. The first-order valence-corrected chi connectivity index (χ1v) is 13.7. The van der Waals surface area contributed by atoms with E-state index in [1.807, 2.05) is 12.1 Å². The molecule has 1 aromatic heterocycles. The Balaban J connectivity index is 1.55. The summed E-state index contributed by atoms with van der Waals surface area (Å²) in [7, 11) is 0. The van der Waals surface area contributed by atoms with Crippen molar-refractivity contribution in [3.8, 4) is 11.1 Å². The summed E-state index contributed by atoms with van der Waals surface area (Å²) in [5.74, 6) is -0.845. The van der Waals surface area contributed by atoms with E-state index in [-0.39, 0.29) is 5.76 Å². The van der Waals surface area contributed by atoms with Crippen molar-refractivity contribution in [1.29, 1.82) is 0 Å². The summed E-state index contributed by atoms with van der Waals surface area (Å²) in [6.45, 7) is 6.57. The van der Waals surface area contributed by atoms with Crippen LogP contribution in [0.5, 0.6) is 0 Å². The summed E-state index contributed by atoms with van der Waals surface area (Å²) >= 11 is 0. The van der Waals surface area contributed by atoms with Crippen molar-refractivity contribution in [1.82, 2.24) is 0 Å². The fourth-order valence-electron chi connectivity index (χ4n) is 5.19. The molecule has 0 spiro atoms. The largest absolute Gasteiger partial charge is 0.452 e. The van der Waals surface area contributed by atoms with Gasteiger partial charge < -0.3 is 9.32 Å². The molecule has 0 unspecified atom stereocenters. The number of hydrogen-bond donors (Lipinski definition) is 0. The van der Waals surface area contributed by atoms with Crippen LogP contribution in [0.3, 0.4) is 0 Å². The Bertz CT molecular complexity index is 1160. The lowest BCUT2D eigenvalue weighted by Gasteiger charge is -2.25. The van der Waals surface area contributed by atoms with Gasteiger partial charge in [0, 0.05) is 41.4 Å². The van der Waals surface area contributed by atoms with E-state index in [4.69, 9.17) is 4.42 Å². The van der Waals surface area contributed by atoms with Crippen LogP contribution in [-0.2, 0) is 0 Å². The first-order chi connectivity index (χ1) is 17.2. The average molecular weight is 474 g/mol. The minimum absolute atomic E-state index is 0.183. The van der Waals surface area contributed by atoms with Gasteiger partial charge in [-0.2, -0.15) is 0 Å². The van der Waals surface area contributed by atoms with Gasteiger partial charge in [0.1, 0.15) is 5.58 Å². The Morgan fingerprint density at radius 3 is 1.97 bits per heavy atom. The summed E-state index contributed by atoms with van der Waals surface area (Å²) < 4.78 is 6.05. The van der Waals surface area contributed by atoms with Crippen molar-refractivity contribution >= 4 is 28.2 Å². The molecule has 0 radical (unpaired) electrons. The monoisotopic (exact) mass is 473 g/mol. The van der Waals surface area contributed by atoms with Crippen LogP contribution < -0.4 is 4.90 Å². The van der Waals surface area contributed by atoms with Gasteiger partial charge in [-0.3, -0.25) is 9.59 Å². The maximum atomic E-state index is 12.8. The number of rotatable bonds is 14. The van der Waals surface area contributed by atoms with E-state index >= 15 is 0 Å². The first-order valence-electron chi connectivity index (χ1n) is 13.7. The van der Waals surface area contributed by atoms with Crippen molar-refractivity contribution < 1.29 is 14.0 Å². The van der Waals surface area contributed by atoms with E-state index in [0.717, 1.165) is 35.3 Å². The number of carbonyl (C=O) groups is 2. The molecule has 1 heterocycles. The molecule has 0 atom stereocenters. The number of carbonyl (C=O) groups excluding carboxylic acids is 2. The van der Waals surface area contributed by atoms with Gasteiger partial charge >= 0.3 is 0 Å². The van der Waals surface area contributed by atoms with Gasteiger partial charge in [-0.1, -0.05) is 95.9 Å². The average Bonchev–Trinajstić information content (AvgIpc) is 3.27. The van der Waals surface area contributed by atoms with Crippen LogP contribution in [0, 0.1) is 0 Å². The number of anilines is 1. The van der Waals surface area contributed by atoms with Gasteiger partial charge in [0.15, 0.2) is 5.76 Å². The molecule has 4 heteroatoms. The highest BCUT2D eigenvalue weighted by Crippen LogP contribution is 2.41. The van der Waals surface area contributed by atoms with E-state index in [2.05, 4.69) is 36.9 Å². The number of unbranched alkanes of at least 4 members (excludes halogenated alkanes) is 9. The predicted molar refractivity (Wildman–Crippen MR) is 145 cm³/mol. The van der Waals surface area contributed by atoms with Crippen LogP contribution in [0.15, 0.2) is 46.9 Å². The highest BCUT2D eigenvalue weighted by Gasteiger charge is 2.35. The Kier molecular flexibility index (Phi) is 8.79. The highest BCUT2D eigenvalue weighted by molar-refractivity contribution is 6.53. The standard InChI is InChI=1S/C31H39NO3/c1-3-5-7-9-10-11-15-21-32(20-14-8-6-4-2)23-18-19-26-27(22-23)35-31-28(26)24-16-12-13-17-25(24)29(33)30(31)34/h12-13,16-19,22H,3-11,14-15,20-21H2,1-2H3. The second kappa shape index (κ2) is 12.2. The molecule has 0 saturated heterocycles. The maximum absolute atomic E-state index is 12.8. The molecule has 35 heavy (non-hydrogen) atoms. The topological polar surface area (TPSA) is 50.5 Å². The van der Waals surface area contributed by atoms with Crippen molar-refractivity contribution in [2.45, 2.75) is 84.5 Å². The van der Waals surface area contributed by atoms with Crippen LogP contribution in [0.2, 0.25) is 0 Å². The Morgan fingerprint density at radius 2 is 1.29 bits per heavy atom. The Hall–Kier alpha value is -2.88. The van der Waals surface area contributed by atoms with Crippen LogP contribution in [-0.4, -0.2) is 24.7 Å². The lowest BCUT2D eigenvalue weighted by molar-refractivity contribution is 0.0800. The van der Waals surface area contributed by atoms with E-state index in [0.29, 0.717) is 11.1 Å². The zero-order valence-electron chi connectivity index (χ0n) is 21.4. The number of furan rings is 1. The van der Waals surface area contributed by atoms with Crippen molar-refractivity contribution in [3.05, 3.63) is 53.8 Å². The summed E-state index contributed by atoms with van der Waals surface area (Å²) in [5.41, 5.74) is 3.83. The number of nitrogens with zero attached hydrogens (tertiary/aromatic N) is 1. The van der Waals surface area contributed by atoms with Gasteiger partial charge in [-0.15, -0.1) is 0 Å². The fraction of sp³-hybridized carbons (Fsp3) is 0.484. The van der Waals surface area contributed by atoms with E-state index in [9.17, 15) is 9.59 Å². The molecular formula is C31H39NO3. The van der Waals surface area contributed by atoms with Gasteiger partial charge in [-0.05, 0) is 30.5 Å². The third kappa shape index (κ3) is 5.69. The van der Waals surface area contributed by atoms with Crippen molar-refractivity contribution in [2.75, 3.05) is 18.0 Å². The molecule has 2 aromatic carbocycles. The molecule has 186 valence electrons. The number of ketones is 2. The van der Waals surface area contributed by atoms with E-state index < -0.39 is 11.6 Å². The number of fused-ring (bicyclic) bond motifs is 5. The Morgan fingerprint density at radius 1 is 0.686 bits per heavy atom. The number of benzene rings is 2. The zero-order chi connectivity index (χ0) is 24.6. The third-order valence-electron chi connectivity index (χ3n) is 7.21. The van der Waals surface area contributed by atoms with Crippen molar-refractivity contribution in [3.63, 3.8) is 0 Å². The molecule has 3 aromatic rings. The van der Waals surface area contributed by atoms with Crippen LogP contribution in [0.4, 0.5) is 5.69 Å². The van der Waals surface area contributed by atoms with Crippen LogP contribution in [0.25, 0.3) is 22.1 Å². The van der Waals surface area contributed by atoms with E-state index in [1.165, 1.54) is 70.6 Å². The van der Waals surface area contributed by atoms with Crippen LogP contribution in [0.1, 0.15) is 105 Å². The first kappa shape index (κ1) is 25.2. The zero-order valence-corrected chi connectivity index (χ0v) is 21.4. The summed E-state index contributed by atoms with van der Waals surface area (Å²) in [5, 5.41) is 0.902. The summed E-state index contributed by atoms with van der Waals surface area (Å²) in [6.07, 6.45) is 14.0. The molecule has 0 amide bonds. The van der Waals surface area contributed by atoms with E-state index in [1.54, 1.807) is 12.1 Å². The van der Waals surface area contributed by atoms with Crippen LogP contribution >= 0.6 is 0 Å². The molecule has 0 N–H and O–H groups in total. The fourth-order valence-corrected chi connectivity index (χ4v) is 5.19. The molecule has 4 rings (SSSR count). The molecule has 0 saturated carbocycles. The predicted octanol–water partition coefficient (Wildman–Crippen LogP) is 8.62. The molecular weight excluding hydrogens is 434 g/mol. The summed E-state index contributed by atoms with van der Waals surface area (Å²) in [4.78, 5) is 27.9. The SMILES string of the molecule is CCCCCCCCCN(CCCCCC)c1ccc2c3c(oc2c1)C(=O)C(=O)c1ccccc1-3. The third-order valence-corrected chi connectivity index (χ3v) is 7.21. The number of Topliss-reactive ketones (excluding diaryl/α,β-unsaturated/α-hetero) is 2. The molecule has 0 bridgehead atoms. The lowest BCUT2D eigenvalue weighted by atomic mass is 9.87. The van der Waals surface area contributed by atoms with Gasteiger partial charge in [0.2, 0.25) is 5.78 Å². The van der Waals surface area contributed by atoms with Crippen molar-refractivity contribution in [2.24, 2.45) is 0 Å². The number of hydrogen-bond acceptors (Lipinski definition) is 4. The molecule has 4 nitrogen and oxygen atoms in total. The van der Waals surface area contributed by atoms with Gasteiger partial charge in [0.25, 0.3) is 5.78 Å². The molecule has 1 aliphatic rings. The van der Waals surface area contributed by atoms with Gasteiger partial charge in [-0.25, -0.2) is 0 Å². The highest BCUT2D eigenvalue weighted by atomic mass is 16.3. The van der Waals surface area contributed by atoms with Gasteiger partial charge in [0.05, 0.1) is 0 Å². The summed E-state index contributed by atoms with van der Waals surface area (Å²) in [6, 6.07) is 13.6. The normalized spacial score (nSPS) is 12.7. The quantitative estimate of drug-likeness (QED) is 0.174. The smallest absolute Gasteiger partial charge is 0.269 e. The molecule has 0 fully saturated rings. The molecule has 1 aliphatic carbocycles. The maximum Gasteiger partial charge on any atom is 0.269 e. The minimum atomic E-state index is -0.545. The second-order valence-electron chi connectivity index (χ2n) is 9.86. The molecule has 0 aliphatic heterocycles.